The van der Waals surface area contributed by atoms with Crippen molar-refractivity contribution in [3.8, 4) is 0 Å². The summed E-state index contributed by atoms with van der Waals surface area (Å²) in [6, 6.07) is 3.52. The van der Waals surface area contributed by atoms with Crippen LogP contribution < -0.4 is 5.32 Å². The number of aryl methyl sites for hydroxylation is 1. The van der Waals surface area contributed by atoms with Crippen LogP contribution in [0.4, 0.5) is 5.82 Å². The summed E-state index contributed by atoms with van der Waals surface area (Å²) in [5.74, 6) is -0.713. The van der Waals surface area contributed by atoms with Crippen LogP contribution in [0.15, 0.2) is 18.3 Å². The molecule has 1 saturated heterocycles. The highest BCUT2D eigenvalue weighted by molar-refractivity contribution is 6.39. The highest BCUT2D eigenvalue weighted by atomic mass is 16.2. The third-order valence-electron chi connectivity index (χ3n) is 3.14. The first-order chi connectivity index (χ1) is 9.06. The summed E-state index contributed by atoms with van der Waals surface area (Å²) in [7, 11) is 2.00. The van der Waals surface area contributed by atoms with Crippen molar-refractivity contribution in [2.24, 2.45) is 0 Å². The second-order valence-electron chi connectivity index (χ2n) is 4.77. The standard InChI is InChI=1S/C13H18N4O2/c1-10-3-4-11(14-9-10)15-12(18)13(19)17-7-5-16(2)6-8-17/h3-4,9H,5-8H2,1-2H3,(H,14,15,18). The quantitative estimate of drug-likeness (QED) is 0.729. The first kappa shape index (κ1) is 13.5. The summed E-state index contributed by atoms with van der Waals surface area (Å²) in [5, 5.41) is 2.52. The molecule has 0 radical (unpaired) electrons. The Kier molecular flexibility index (Phi) is 4.11. The van der Waals surface area contributed by atoms with Crippen LogP contribution in [0.3, 0.4) is 0 Å². The zero-order chi connectivity index (χ0) is 13.8. The van der Waals surface area contributed by atoms with Crippen LogP contribution >= 0.6 is 0 Å². The second kappa shape index (κ2) is 5.79. The lowest BCUT2D eigenvalue weighted by atomic mass is 10.3. The Hall–Kier alpha value is -1.95. The van der Waals surface area contributed by atoms with Crippen LogP contribution in [0, 0.1) is 6.92 Å². The van der Waals surface area contributed by atoms with Gasteiger partial charge < -0.3 is 15.1 Å². The van der Waals surface area contributed by atoms with Gasteiger partial charge >= 0.3 is 11.8 Å². The maximum absolute atomic E-state index is 11.9. The van der Waals surface area contributed by atoms with Gasteiger partial charge in [0.2, 0.25) is 0 Å². The lowest BCUT2D eigenvalue weighted by Crippen LogP contribution is -2.50. The maximum atomic E-state index is 11.9. The average molecular weight is 262 g/mol. The van der Waals surface area contributed by atoms with Gasteiger partial charge in [0.15, 0.2) is 0 Å². The van der Waals surface area contributed by atoms with Crippen LogP contribution in [-0.2, 0) is 9.59 Å². The molecule has 19 heavy (non-hydrogen) atoms. The molecule has 2 heterocycles. The number of aromatic nitrogens is 1. The minimum atomic E-state index is -0.624. The SMILES string of the molecule is Cc1ccc(NC(=O)C(=O)N2CCN(C)CC2)nc1. The highest BCUT2D eigenvalue weighted by Gasteiger charge is 2.24. The Morgan fingerprint density at radius 3 is 2.47 bits per heavy atom. The number of piperazine rings is 1. The molecule has 102 valence electrons. The van der Waals surface area contributed by atoms with Gasteiger partial charge in [-0.25, -0.2) is 4.98 Å². The van der Waals surface area contributed by atoms with E-state index in [9.17, 15) is 9.59 Å². The number of nitrogens with zero attached hydrogens (tertiary/aromatic N) is 3. The van der Waals surface area contributed by atoms with Gasteiger partial charge in [0.05, 0.1) is 0 Å². The molecule has 0 atom stereocenters. The number of pyridine rings is 1. The largest absolute Gasteiger partial charge is 0.332 e. The molecule has 0 aliphatic carbocycles. The van der Waals surface area contributed by atoms with Gasteiger partial charge in [0.1, 0.15) is 5.82 Å². The van der Waals surface area contributed by atoms with Gasteiger partial charge in [-0.1, -0.05) is 6.07 Å². The number of rotatable bonds is 1. The molecule has 1 N–H and O–H groups in total. The van der Waals surface area contributed by atoms with Crippen molar-refractivity contribution >= 4 is 17.6 Å². The molecule has 6 nitrogen and oxygen atoms in total. The summed E-state index contributed by atoms with van der Waals surface area (Å²) >= 11 is 0. The van der Waals surface area contributed by atoms with Gasteiger partial charge in [0, 0.05) is 32.4 Å². The fourth-order valence-electron chi connectivity index (χ4n) is 1.86. The Balaban J connectivity index is 1.92. The van der Waals surface area contributed by atoms with Crippen molar-refractivity contribution in [1.82, 2.24) is 14.8 Å². The van der Waals surface area contributed by atoms with Gasteiger partial charge in [-0.15, -0.1) is 0 Å². The second-order valence-corrected chi connectivity index (χ2v) is 4.77. The summed E-state index contributed by atoms with van der Waals surface area (Å²) in [6.45, 7) is 4.67. The fraction of sp³-hybridized carbons (Fsp3) is 0.462. The highest BCUT2D eigenvalue weighted by Crippen LogP contribution is 2.05. The van der Waals surface area contributed by atoms with Crippen LogP contribution in [0.5, 0.6) is 0 Å². The van der Waals surface area contributed by atoms with Gasteiger partial charge in [0.25, 0.3) is 0 Å². The third kappa shape index (κ3) is 3.51. The van der Waals surface area contributed by atoms with Crippen molar-refractivity contribution in [3.05, 3.63) is 23.9 Å². The third-order valence-corrected chi connectivity index (χ3v) is 3.14. The molecule has 0 bridgehead atoms. The summed E-state index contributed by atoms with van der Waals surface area (Å²) in [4.78, 5) is 31.5. The summed E-state index contributed by atoms with van der Waals surface area (Å²) in [5.41, 5.74) is 1.00. The molecule has 0 spiro atoms. The Morgan fingerprint density at radius 1 is 1.21 bits per heavy atom. The molecule has 1 aliphatic rings. The lowest BCUT2D eigenvalue weighted by molar-refractivity contribution is -0.144. The Bertz CT molecular complexity index is 464. The average Bonchev–Trinajstić information content (AvgIpc) is 2.41. The number of carbonyl (C=O) groups is 2. The van der Waals surface area contributed by atoms with Crippen molar-refractivity contribution in [1.29, 1.82) is 0 Å². The molecule has 1 fully saturated rings. The first-order valence-corrected chi connectivity index (χ1v) is 6.28. The predicted molar refractivity (Wildman–Crippen MR) is 71.7 cm³/mol. The number of hydrogen-bond acceptors (Lipinski definition) is 4. The predicted octanol–water partition coefficient (Wildman–Crippen LogP) is 0.103. The number of nitrogens with one attached hydrogen (secondary N) is 1. The van der Waals surface area contributed by atoms with Crippen LogP contribution in [-0.4, -0.2) is 59.8 Å². The number of anilines is 1. The molecule has 0 unspecified atom stereocenters. The van der Waals surface area contributed by atoms with Gasteiger partial charge in [-0.05, 0) is 25.6 Å². The first-order valence-electron chi connectivity index (χ1n) is 6.28. The number of hydrogen-bond donors (Lipinski definition) is 1. The van der Waals surface area contributed by atoms with E-state index in [0.29, 0.717) is 18.9 Å². The van der Waals surface area contributed by atoms with E-state index in [1.807, 2.05) is 20.0 Å². The zero-order valence-electron chi connectivity index (χ0n) is 11.2. The smallest absolute Gasteiger partial charge is 0.315 e. The molecular formula is C13H18N4O2. The van der Waals surface area contributed by atoms with E-state index in [-0.39, 0.29) is 0 Å². The topological polar surface area (TPSA) is 65.5 Å². The maximum Gasteiger partial charge on any atom is 0.315 e. The molecule has 1 aromatic rings. The van der Waals surface area contributed by atoms with E-state index in [0.717, 1.165) is 18.7 Å². The zero-order valence-corrected chi connectivity index (χ0v) is 11.2. The fourth-order valence-corrected chi connectivity index (χ4v) is 1.86. The molecule has 2 amide bonds. The van der Waals surface area contributed by atoms with Crippen LogP contribution in [0.25, 0.3) is 0 Å². The minimum Gasteiger partial charge on any atom is -0.332 e. The minimum absolute atomic E-state index is 0.401. The van der Waals surface area contributed by atoms with E-state index < -0.39 is 11.8 Å². The van der Waals surface area contributed by atoms with Gasteiger partial charge in [-0.3, -0.25) is 9.59 Å². The normalized spacial score (nSPS) is 16.2. The van der Waals surface area contributed by atoms with E-state index >= 15 is 0 Å². The molecule has 0 aromatic carbocycles. The van der Waals surface area contributed by atoms with E-state index in [1.165, 1.54) is 0 Å². The van der Waals surface area contributed by atoms with Gasteiger partial charge in [-0.2, -0.15) is 0 Å². The monoisotopic (exact) mass is 262 g/mol. The lowest BCUT2D eigenvalue weighted by Gasteiger charge is -2.31. The van der Waals surface area contributed by atoms with Crippen molar-refractivity contribution in [2.75, 3.05) is 38.5 Å². The van der Waals surface area contributed by atoms with E-state index in [4.69, 9.17) is 0 Å². The number of amides is 2. The van der Waals surface area contributed by atoms with Crippen LogP contribution in [0.2, 0.25) is 0 Å². The van der Waals surface area contributed by atoms with Crippen molar-refractivity contribution < 1.29 is 9.59 Å². The Labute approximate surface area is 112 Å². The molecule has 1 aliphatic heterocycles. The van der Waals surface area contributed by atoms with Crippen molar-refractivity contribution in [2.45, 2.75) is 6.92 Å². The number of carbonyl (C=O) groups excluding carboxylic acids is 2. The van der Waals surface area contributed by atoms with Crippen molar-refractivity contribution in [3.63, 3.8) is 0 Å². The molecule has 6 heteroatoms. The molecule has 1 aromatic heterocycles. The summed E-state index contributed by atoms with van der Waals surface area (Å²) < 4.78 is 0. The molecule has 2 rings (SSSR count). The molecular weight excluding hydrogens is 244 g/mol. The summed E-state index contributed by atoms with van der Waals surface area (Å²) in [6.07, 6.45) is 1.65. The Morgan fingerprint density at radius 2 is 1.89 bits per heavy atom. The van der Waals surface area contributed by atoms with E-state index in [2.05, 4.69) is 15.2 Å². The van der Waals surface area contributed by atoms with E-state index in [1.54, 1.807) is 17.2 Å². The van der Waals surface area contributed by atoms with Crippen LogP contribution in [0.1, 0.15) is 5.56 Å². The molecule has 0 saturated carbocycles. The number of likely N-dealkylation sites (N-methyl/N-ethyl adjacent to an activating group) is 1.